The fourth-order valence-electron chi connectivity index (χ4n) is 2.59. The lowest BCUT2D eigenvalue weighted by molar-refractivity contribution is -0.110. The summed E-state index contributed by atoms with van der Waals surface area (Å²) in [6.07, 6.45) is 2.81. The molecule has 0 aliphatic heterocycles. The molecule has 0 aliphatic rings. The topological polar surface area (TPSA) is 168 Å². The lowest BCUT2D eigenvalue weighted by Crippen LogP contribution is -2.22. The molecule has 1 amide bonds. The molecule has 0 aliphatic carbocycles. The van der Waals surface area contributed by atoms with Crippen molar-refractivity contribution in [2.45, 2.75) is 4.90 Å². The maximum Gasteiger partial charge on any atom is 0.287 e. The summed E-state index contributed by atoms with van der Waals surface area (Å²) in [6, 6.07) is 13.5. The zero-order chi connectivity index (χ0) is 24.6. The zero-order valence-corrected chi connectivity index (χ0v) is 18.8. The van der Waals surface area contributed by atoms with E-state index in [4.69, 9.17) is 9.47 Å². The van der Waals surface area contributed by atoms with Crippen molar-refractivity contribution < 1.29 is 22.7 Å². The second-order valence-corrected chi connectivity index (χ2v) is 8.09. The number of carbonyl (C=O) groups excluding carboxylic acids is 1. The molecular weight excluding hydrogens is 462 g/mol. The maximum atomic E-state index is 12.4. The highest BCUT2D eigenvalue weighted by Gasteiger charge is 2.16. The highest BCUT2D eigenvalue weighted by Crippen LogP contribution is 2.29. The first-order chi connectivity index (χ1) is 16.4. The molecule has 0 unspecified atom stereocenters. The number of hydrogen-bond acceptors (Lipinski definition) is 10. The second kappa shape index (κ2) is 10.7. The Balaban J connectivity index is 1.67. The van der Waals surface area contributed by atoms with E-state index in [9.17, 15) is 18.5 Å². The summed E-state index contributed by atoms with van der Waals surface area (Å²) in [6.45, 7) is 0. The molecule has 0 atom stereocenters. The molecule has 13 heteroatoms. The average molecular weight is 481 g/mol. The number of rotatable bonds is 9. The summed E-state index contributed by atoms with van der Waals surface area (Å²) in [5, 5.41) is 15.6. The third-order valence-electron chi connectivity index (χ3n) is 4.22. The van der Waals surface area contributed by atoms with E-state index in [0.717, 1.165) is 0 Å². The summed E-state index contributed by atoms with van der Waals surface area (Å²) in [5.41, 5.74) is 2.82. The van der Waals surface area contributed by atoms with Gasteiger partial charge in [-0.25, -0.2) is 23.1 Å². The summed E-state index contributed by atoms with van der Waals surface area (Å²) in [7, 11) is -0.959. The molecule has 0 fully saturated rings. The number of ether oxygens (including phenoxy) is 2. The molecule has 3 rings (SSSR count). The van der Waals surface area contributed by atoms with E-state index in [0.29, 0.717) is 22.9 Å². The van der Waals surface area contributed by atoms with E-state index in [1.54, 1.807) is 24.3 Å². The van der Waals surface area contributed by atoms with Crippen LogP contribution < -0.4 is 24.9 Å². The molecule has 1 heterocycles. The van der Waals surface area contributed by atoms with E-state index in [1.807, 2.05) is 0 Å². The Morgan fingerprint density at radius 2 is 1.65 bits per heavy atom. The Bertz CT molecular complexity index is 1340. The number of benzene rings is 2. The number of hydrogen-bond donors (Lipinski definition) is 3. The van der Waals surface area contributed by atoms with E-state index >= 15 is 0 Å². The summed E-state index contributed by atoms with van der Waals surface area (Å²) in [4.78, 5) is 20.0. The molecule has 3 aromatic rings. The van der Waals surface area contributed by atoms with Gasteiger partial charge in [0.25, 0.3) is 15.9 Å². The predicted molar refractivity (Wildman–Crippen MR) is 124 cm³/mol. The third-order valence-corrected chi connectivity index (χ3v) is 5.56. The molecule has 0 saturated carbocycles. The van der Waals surface area contributed by atoms with Crippen LogP contribution in [0.15, 0.2) is 70.9 Å². The van der Waals surface area contributed by atoms with Crippen LogP contribution in [0.5, 0.6) is 11.5 Å². The van der Waals surface area contributed by atoms with Gasteiger partial charge in [0.2, 0.25) is 11.7 Å². The van der Waals surface area contributed by atoms with E-state index < -0.39 is 21.6 Å². The molecule has 3 N–H and O–H groups in total. The van der Waals surface area contributed by atoms with Gasteiger partial charge in [-0.2, -0.15) is 10.4 Å². The van der Waals surface area contributed by atoms with Crippen LogP contribution >= 0.6 is 0 Å². The maximum absolute atomic E-state index is 12.4. The minimum atomic E-state index is -3.90. The SMILES string of the molecule is COc1ccc(NC(=O)C(C#N)=NNc2ccc(S(=O)(=O)Nc3ncccn3)cc2)cc1OC. The van der Waals surface area contributed by atoms with Crippen molar-refractivity contribution in [2.75, 3.05) is 29.7 Å². The smallest absolute Gasteiger partial charge is 0.287 e. The van der Waals surface area contributed by atoms with Crippen molar-refractivity contribution in [3.63, 3.8) is 0 Å². The molecular formula is C21H19N7O5S. The average Bonchev–Trinajstić information content (AvgIpc) is 2.85. The monoisotopic (exact) mass is 481 g/mol. The van der Waals surface area contributed by atoms with Crippen LogP contribution in [0.1, 0.15) is 0 Å². The first-order valence-corrected chi connectivity index (χ1v) is 11.0. The molecule has 2 aromatic carbocycles. The minimum Gasteiger partial charge on any atom is -0.493 e. The van der Waals surface area contributed by atoms with Crippen molar-refractivity contribution in [2.24, 2.45) is 5.10 Å². The van der Waals surface area contributed by atoms with Crippen LogP contribution in [0.4, 0.5) is 17.3 Å². The van der Waals surface area contributed by atoms with Gasteiger partial charge in [-0.15, -0.1) is 0 Å². The van der Waals surface area contributed by atoms with Crippen molar-refractivity contribution >= 4 is 39.0 Å². The molecule has 12 nitrogen and oxygen atoms in total. The molecule has 0 radical (unpaired) electrons. The first-order valence-electron chi connectivity index (χ1n) is 9.53. The Kier molecular flexibility index (Phi) is 7.57. The van der Waals surface area contributed by atoms with Gasteiger partial charge in [0.05, 0.1) is 24.8 Å². The Morgan fingerprint density at radius 1 is 1.00 bits per heavy atom. The summed E-state index contributed by atoms with van der Waals surface area (Å²) >= 11 is 0. The Hall–Kier alpha value is -4.70. The number of nitrogens with zero attached hydrogens (tertiary/aromatic N) is 4. The van der Waals surface area contributed by atoms with Gasteiger partial charge in [-0.1, -0.05) is 0 Å². The molecule has 174 valence electrons. The number of methoxy groups -OCH3 is 2. The number of anilines is 3. The molecule has 34 heavy (non-hydrogen) atoms. The van der Waals surface area contributed by atoms with Gasteiger partial charge in [-0.05, 0) is 42.5 Å². The highest BCUT2D eigenvalue weighted by atomic mass is 32.2. The largest absolute Gasteiger partial charge is 0.493 e. The van der Waals surface area contributed by atoms with Crippen molar-refractivity contribution in [1.29, 1.82) is 5.26 Å². The number of carbonyl (C=O) groups is 1. The van der Waals surface area contributed by atoms with E-state index in [2.05, 4.69) is 30.5 Å². The Labute approximate surface area is 195 Å². The van der Waals surface area contributed by atoms with E-state index in [-0.39, 0.29) is 10.8 Å². The van der Waals surface area contributed by atoms with Crippen molar-refractivity contribution in [3.05, 3.63) is 60.9 Å². The normalized spacial score (nSPS) is 11.1. The van der Waals surface area contributed by atoms with Crippen LogP contribution in [-0.2, 0) is 14.8 Å². The van der Waals surface area contributed by atoms with Gasteiger partial charge in [0, 0.05) is 24.1 Å². The van der Waals surface area contributed by atoms with Gasteiger partial charge >= 0.3 is 0 Å². The van der Waals surface area contributed by atoms with Gasteiger partial charge in [0.1, 0.15) is 6.07 Å². The fourth-order valence-corrected chi connectivity index (χ4v) is 3.55. The Morgan fingerprint density at radius 3 is 2.26 bits per heavy atom. The van der Waals surface area contributed by atoms with Gasteiger partial charge in [-0.3, -0.25) is 10.2 Å². The van der Waals surface area contributed by atoms with Crippen LogP contribution in [0.2, 0.25) is 0 Å². The summed E-state index contributed by atoms with van der Waals surface area (Å²) < 4.78 is 37.4. The standard InChI is InChI=1S/C21H19N7O5S/c1-32-18-9-6-15(12-19(18)33-2)25-20(29)17(13-22)27-26-14-4-7-16(8-5-14)34(30,31)28-21-23-10-3-11-24-21/h3-12,26H,1-2H3,(H,25,29)(H,23,24,28). The summed E-state index contributed by atoms with van der Waals surface area (Å²) in [5.74, 6) is 0.0625. The second-order valence-electron chi connectivity index (χ2n) is 6.41. The first kappa shape index (κ1) is 24.0. The zero-order valence-electron chi connectivity index (χ0n) is 18.0. The predicted octanol–water partition coefficient (Wildman–Crippen LogP) is 2.22. The van der Waals surface area contributed by atoms with Gasteiger partial charge < -0.3 is 14.8 Å². The lowest BCUT2D eigenvalue weighted by Gasteiger charge is -2.10. The quantitative estimate of drug-likeness (QED) is 0.306. The van der Waals surface area contributed by atoms with Crippen LogP contribution in [0.25, 0.3) is 0 Å². The fraction of sp³-hybridized carbons (Fsp3) is 0.0952. The highest BCUT2D eigenvalue weighted by molar-refractivity contribution is 7.92. The number of sulfonamides is 1. The van der Waals surface area contributed by atoms with E-state index in [1.165, 1.54) is 56.9 Å². The van der Waals surface area contributed by atoms with Crippen molar-refractivity contribution in [3.8, 4) is 17.6 Å². The number of nitrogens with one attached hydrogen (secondary N) is 3. The molecule has 0 spiro atoms. The molecule has 0 saturated heterocycles. The van der Waals surface area contributed by atoms with Crippen LogP contribution in [0, 0.1) is 11.3 Å². The third kappa shape index (κ3) is 5.96. The number of aromatic nitrogens is 2. The van der Waals surface area contributed by atoms with Crippen molar-refractivity contribution in [1.82, 2.24) is 9.97 Å². The lowest BCUT2D eigenvalue weighted by atomic mass is 10.2. The number of hydrazone groups is 1. The van der Waals surface area contributed by atoms with Crippen LogP contribution in [0.3, 0.4) is 0 Å². The molecule has 1 aromatic heterocycles. The van der Waals surface area contributed by atoms with Crippen LogP contribution in [-0.4, -0.2) is 44.2 Å². The number of amides is 1. The molecule has 0 bridgehead atoms. The minimum absolute atomic E-state index is 0.0406. The number of nitriles is 1. The van der Waals surface area contributed by atoms with Gasteiger partial charge in [0.15, 0.2) is 11.5 Å².